The minimum Gasteiger partial charge on any atom is -0.302 e. The van der Waals surface area contributed by atoms with Crippen molar-refractivity contribution < 1.29 is 0 Å². The molecule has 0 spiro atoms. The molecule has 0 aliphatic carbocycles. The van der Waals surface area contributed by atoms with Gasteiger partial charge in [0.25, 0.3) is 0 Å². The van der Waals surface area contributed by atoms with E-state index in [4.69, 9.17) is 0 Å². The Bertz CT molecular complexity index is 460. The summed E-state index contributed by atoms with van der Waals surface area (Å²) in [6.45, 7) is 5.04. The lowest BCUT2D eigenvalue weighted by Gasteiger charge is -2.11. The van der Waals surface area contributed by atoms with Crippen LogP contribution >= 0.6 is 11.3 Å². The molecule has 4 nitrogen and oxygen atoms in total. The highest BCUT2D eigenvalue weighted by molar-refractivity contribution is 7.12. The maximum Gasteiger partial charge on any atom is 0.140 e. The highest BCUT2D eigenvalue weighted by Crippen LogP contribution is 2.22. The standard InChI is InChI=1S/C11H16N4S/c1-8-4-5-10(16-8)9(2)12-6-11-13-7-14-15(11)3/h4-5,7,9,12H,6H2,1-3H3. The van der Waals surface area contributed by atoms with E-state index in [-0.39, 0.29) is 0 Å². The lowest BCUT2D eigenvalue weighted by Crippen LogP contribution is -2.19. The van der Waals surface area contributed by atoms with Crippen LogP contribution in [0.25, 0.3) is 0 Å². The molecule has 1 unspecified atom stereocenters. The number of aromatic nitrogens is 3. The summed E-state index contributed by atoms with van der Waals surface area (Å²) in [5.41, 5.74) is 0. The number of aryl methyl sites for hydroxylation is 2. The average Bonchev–Trinajstić information content (AvgIpc) is 2.84. The Labute approximate surface area is 99.3 Å². The maximum atomic E-state index is 4.18. The van der Waals surface area contributed by atoms with Crippen LogP contribution < -0.4 is 5.32 Å². The fourth-order valence-corrected chi connectivity index (χ4v) is 2.42. The van der Waals surface area contributed by atoms with Gasteiger partial charge in [-0.25, -0.2) is 4.98 Å². The Morgan fingerprint density at radius 1 is 1.50 bits per heavy atom. The van der Waals surface area contributed by atoms with Crippen LogP contribution in [-0.4, -0.2) is 14.8 Å². The molecule has 0 fully saturated rings. The molecule has 0 saturated carbocycles. The first-order valence-corrected chi connectivity index (χ1v) is 6.11. The molecule has 1 N–H and O–H groups in total. The summed E-state index contributed by atoms with van der Waals surface area (Å²) in [6.07, 6.45) is 1.58. The summed E-state index contributed by atoms with van der Waals surface area (Å²) in [5, 5.41) is 7.48. The number of nitrogens with one attached hydrogen (secondary N) is 1. The molecular formula is C11H16N4S. The molecule has 0 radical (unpaired) electrons. The van der Waals surface area contributed by atoms with Crippen LogP contribution in [0.1, 0.15) is 28.5 Å². The van der Waals surface area contributed by atoms with Gasteiger partial charge in [-0.05, 0) is 26.0 Å². The molecule has 5 heteroatoms. The molecule has 2 aromatic heterocycles. The summed E-state index contributed by atoms with van der Waals surface area (Å²) in [4.78, 5) is 6.89. The zero-order chi connectivity index (χ0) is 11.5. The van der Waals surface area contributed by atoms with E-state index >= 15 is 0 Å². The summed E-state index contributed by atoms with van der Waals surface area (Å²) in [7, 11) is 1.91. The first-order valence-electron chi connectivity index (χ1n) is 5.29. The van der Waals surface area contributed by atoms with E-state index < -0.39 is 0 Å². The molecule has 0 bridgehead atoms. The van der Waals surface area contributed by atoms with Crippen molar-refractivity contribution in [1.82, 2.24) is 20.1 Å². The van der Waals surface area contributed by atoms with E-state index in [0.29, 0.717) is 6.04 Å². The number of hydrogen-bond donors (Lipinski definition) is 1. The lowest BCUT2D eigenvalue weighted by molar-refractivity contribution is 0.546. The average molecular weight is 236 g/mol. The Morgan fingerprint density at radius 2 is 2.31 bits per heavy atom. The monoisotopic (exact) mass is 236 g/mol. The molecule has 0 aromatic carbocycles. The summed E-state index contributed by atoms with van der Waals surface area (Å²) >= 11 is 1.83. The van der Waals surface area contributed by atoms with Gasteiger partial charge in [0.05, 0.1) is 6.54 Å². The quantitative estimate of drug-likeness (QED) is 0.883. The lowest BCUT2D eigenvalue weighted by atomic mass is 10.2. The first kappa shape index (κ1) is 11.3. The third-order valence-corrected chi connectivity index (χ3v) is 3.74. The smallest absolute Gasteiger partial charge is 0.140 e. The summed E-state index contributed by atoms with van der Waals surface area (Å²) < 4.78 is 1.79. The van der Waals surface area contributed by atoms with Crippen molar-refractivity contribution in [3.8, 4) is 0 Å². The predicted octanol–water partition coefficient (Wildman–Crippen LogP) is 2.04. The van der Waals surface area contributed by atoms with Crippen molar-refractivity contribution in [2.75, 3.05) is 0 Å². The third-order valence-electron chi connectivity index (χ3n) is 2.56. The van der Waals surface area contributed by atoms with Gasteiger partial charge in [0, 0.05) is 22.8 Å². The van der Waals surface area contributed by atoms with Crippen LogP contribution in [-0.2, 0) is 13.6 Å². The molecule has 0 aliphatic rings. The topological polar surface area (TPSA) is 42.7 Å². The number of nitrogens with zero attached hydrogens (tertiary/aromatic N) is 3. The van der Waals surface area contributed by atoms with E-state index in [9.17, 15) is 0 Å². The SMILES string of the molecule is Cc1ccc(C(C)NCc2ncnn2C)s1. The fourth-order valence-electron chi connectivity index (χ4n) is 1.51. The number of thiophene rings is 1. The first-order chi connectivity index (χ1) is 7.66. The van der Waals surface area contributed by atoms with Crippen molar-refractivity contribution >= 4 is 11.3 Å². The second-order valence-corrected chi connectivity index (χ2v) is 5.17. The van der Waals surface area contributed by atoms with Gasteiger partial charge in [-0.3, -0.25) is 4.68 Å². The molecule has 0 aliphatic heterocycles. The van der Waals surface area contributed by atoms with Crippen LogP contribution in [0.15, 0.2) is 18.5 Å². The van der Waals surface area contributed by atoms with Gasteiger partial charge in [0.1, 0.15) is 12.2 Å². The normalized spacial score (nSPS) is 12.9. The molecule has 2 heterocycles. The molecular weight excluding hydrogens is 220 g/mol. The maximum absolute atomic E-state index is 4.18. The highest BCUT2D eigenvalue weighted by atomic mass is 32.1. The summed E-state index contributed by atoms with van der Waals surface area (Å²) in [5.74, 6) is 0.958. The van der Waals surface area contributed by atoms with Crippen molar-refractivity contribution in [3.63, 3.8) is 0 Å². The Hall–Kier alpha value is -1.20. The zero-order valence-corrected chi connectivity index (χ0v) is 10.6. The highest BCUT2D eigenvalue weighted by Gasteiger charge is 2.08. The van der Waals surface area contributed by atoms with Gasteiger partial charge < -0.3 is 5.32 Å². The Kier molecular flexibility index (Phi) is 3.36. The Balaban J connectivity index is 1.93. The van der Waals surface area contributed by atoms with E-state index in [1.165, 1.54) is 9.75 Å². The minimum atomic E-state index is 0.357. The van der Waals surface area contributed by atoms with E-state index in [0.717, 1.165) is 12.4 Å². The number of rotatable bonds is 4. The molecule has 2 aromatic rings. The largest absolute Gasteiger partial charge is 0.302 e. The van der Waals surface area contributed by atoms with Crippen molar-refractivity contribution in [1.29, 1.82) is 0 Å². The molecule has 86 valence electrons. The van der Waals surface area contributed by atoms with E-state index in [1.54, 1.807) is 11.0 Å². The zero-order valence-electron chi connectivity index (χ0n) is 9.77. The van der Waals surface area contributed by atoms with Gasteiger partial charge in [0.2, 0.25) is 0 Å². The minimum absolute atomic E-state index is 0.357. The van der Waals surface area contributed by atoms with Crippen molar-refractivity contribution in [2.24, 2.45) is 7.05 Å². The van der Waals surface area contributed by atoms with Crippen LogP contribution in [0.5, 0.6) is 0 Å². The van der Waals surface area contributed by atoms with Crippen LogP contribution in [0.3, 0.4) is 0 Å². The van der Waals surface area contributed by atoms with Crippen molar-refractivity contribution in [3.05, 3.63) is 34.0 Å². The fraction of sp³-hybridized carbons (Fsp3) is 0.455. The van der Waals surface area contributed by atoms with Crippen LogP contribution in [0.2, 0.25) is 0 Å². The van der Waals surface area contributed by atoms with Gasteiger partial charge in [-0.1, -0.05) is 0 Å². The second-order valence-electron chi connectivity index (χ2n) is 3.85. The van der Waals surface area contributed by atoms with E-state index in [1.807, 2.05) is 18.4 Å². The van der Waals surface area contributed by atoms with Gasteiger partial charge >= 0.3 is 0 Å². The molecule has 16 heavy (non-hydrogen) atoms. The molecule has 0 amide bonds. The molecule has 0 saturated heterocycles. The van der Waals surface area contributed by atoms with Gasteiger partial charge in [0.15, 0.2) is 0 Å². The second kappa shape index (κ2) is 4.76. The Morgan fingerprint density at radius 3 is 2.88 bits per heavy atom. The number of hydrogen-bond acceptors (Lipinski definition) is 4. The molecule has 1 atom stereocenters. The van der Waals surface area contributed by atoms with Crippen LogP contribution in [0.4, 0.5) is 0 Å². The predicted molar refractivity (Wildman–Crippen MR) is 65.3 cm³/mol. The van der Waals surface area contributed by atoms with Crippen LogP contribution in [0, 0.1) is 6.92 Å². The van der Waals surface area contributed by atoms with E-state index in [2.05, 4.69) is 41.4 Å². The third kappa shape index (κ3) is 2.48. The van der Waals surface area contributed by atoms with Crippen molar-refractivity contribution in [2.45, 2.75) is 26.4 Å². The van der Waals surface area contributed by atoms with Gasteiger partial charge in [-0.15, -0.1) is 11.3 Å². The molecule has 2 rings (SSSR count). The summed E-state index contributed by atoms with van der Waals surface area (Å²) in [6, 6.07) is 4.69. The van der Waals surface area contributed by atoms with Gasteiger partial charge in [-0.2, -0.15) is 5.10 Å².